The number of unbranched alkanes of at least 4 members (excludes halogenated alkanes) is 1. The van der Waals surface area contributed by atoms with Gasteiger partial charge in [0.05, 0.1) is 5.25 Å². The minimum atomic E-state index is -4.45. The fourth-order valence-corrected chi connectivity index (χ4v) is 2.36. The van der Waals surface area contributed by atoms with E-state index in [9.17, 15) is 22.8 Å². The van der Waals surface area contributed by atoms with Gasteiger partial charge in [0.2, 0.25) is 5.91 Å². The summed E-state index contributed by atoms with van der Waals surface area (Å²) in [7, 11) is 0. The van der Waals surface area contributed by atoms with Crippen molar-refractivity contribution in [3.8, 4) is 0 Å². The molecule has 0 bridgehead atoms. The Morgan fingerprint density at radius 1 is 1.52 bits per heavy atom. The molecule has 1 rings (SSSR count). The van der Waals surface area contributed by atoms with Gasteiger partial charge in [-0.05, 0) is 13.3 Å². The zero-order valence-corrected chi connectivity index (χ0v) is 12.5. The lowest BCUT2D eigenvalue weighted by Gasteiger charge is -2.13. The lowest BCUT2D eigenvalue weighted by molar-refractivity contribution is -0.137. The van der Waals surface area contributed by atoms with Crippen molar-refractivity contribution >= 4 is 17.7 Å². The van der Waals surface area contributed by atoms with Crippen molar-refractivity contribution < 1.29 is 18.0 Å². The Labute approximate surface area is 123 Å². The smallest absolute Gasteiger partial charge is 0.346 e. The first kappa shape index (κ1) is 17.6. The number of rotatable bonds is 7. The Hall–Kier alpha value is -1.45. The molecule has 10 heteroatoms. The minimum absolute atomic E-state index is 0.295. The number of hydrogen-bond donors (Lipinski definition) is 2. The molecule has 1 aromatic heterocycles. The van der Waals surface area contributed by atoms with Gasteiger partial charge in [0, 0.05) is 6.54 Å². The maximum absolute atomic E-state index is 12.0. The van der Waals surface area contributed by atoms with E-state index in [1.165, 1.54) is 11.5 Å². The molecule has 6 nitrogen and oxygen atoms in total. The van der Waals surface area contributed by atoms with Crippen molar-refractivity contribution in [2.45, 2.75) is 49.8 Å². The van der Waals surface area contributed by atoms with Crippen molar-refractivity contribution in [2.75, 3.05) is 6.54 Å². The highest BCUT2D eigenvalue weighted by Gasteiger charge is 2.29. The van der Waals surface area contributed by atoms with Crippen LogP contribution in [0.4, 0.5) is 13.2 Å². The lowest BCUT2D eigenvalue weighted by Crippen LogP contribution is -2.38. The fraction of sp³-hybridized carbons (Fsp3) is 0.727. The number of nitrogens with one attached hydrogen (secondary N) is 2. The molecule has 0 aromatic carbocycles. The number of amides is 1. The van der Waals surface area contributed by atoms with Crippen molar-refractivity contribution in [1.29, 1.82) is 0 Å². The van der Waals surface area contributed by atoms with Gasteiger partial charge in [-0.25, -0.2) is 9.89 Å². The maximum atomic E-state index is 12.0. The minimum Gasteiger partial charge on any atom is -0.346 e. The number of carbonyl (C=O) groups is 1. The van der Waals surface area contributed by atoms with Gasteiger partial charge in [0.25, 0.3) is 0 Å². The van der Waals surface area contributed by atoms with E-state index in [-0.39, 0.29) is 0 Å². The summed E-state index contributed by atoms with van der Waals surface area (Å²) in [6, 6.07) is 0. The quantitative estimate of drug-likeness (QED) is 0.745. The summed E-state index contributed by atoms with van der Waals surface area (Å²) >= 11 is 0.941. The van der Waals surface area contributed by atoms with E-state index in [2.05, 4.69) is 10.2 Å². The summed E-state index contributed by atoms with van der Waals surface area (Å²) in [6.45, 7) is 2.50. The third-order valence-electron chi connectivity index (χ3n) is 2.57. The highest BCUT2D eigenvalue weighted by atomic mass is 32.2. The van der Waals surface area contributed by atoms with Gasteiger partial charge in [-0.2, -0.15) is 13.2 Å². The van der Waals surface area contributed by atoms with Crippen LogP contribution in [0.2, 0.25) is 0 Å². The number of nitrogens with zero attached hydrogens (tertiary/aromatic N) is 2. The first-order valence-electron chi connectivity index (χ1n) is 6.41. The van der Waals surface area contributed by atoms with E-state index < -0.39 is 29.6 Å². The molecule has 1 aromatic rings. The van der Waals surface area contributed by atoms with Crippen LogP contribution in [-0.4, -0.2) is 38.6 Å². The van der Waals surface area contributed by atoms with Crippen molar-refractivity contribution in [3.05, 3.63) is 10.5 Å². The molecule has 0 aliphatic heterocycles. The molecule has 0 radical (unpaired) electrons. The van der Waals surface area contributed by atoms with E-state index in [4.69, 9.17) is 0 Å². The number of aromatic nitrogens is 3. The van der Waals surface area contributed by atoms with Crippen LogP contribution in [0.5, 0.6) is 0 Å². The summed E-state index contributed by atoms with van der Waals surface area (Å²) in [5.41, 5.74) is -0.395. The van der Waals surface area contributed by atoms with Crippen LogP contribution >= 0.6 is 11.8 Å². The zero-order valence-electron chi connectivity index (χ0n) is 11.7. The van der Waals surface area contributed by atoms with Crippen LogP contribution in [-0.2, 0) is 11.3 Å². The number of thioether (sulfide) groups is 1. The van der Waals surface area contributed by atoms with Crippen molar-refractivity contribution in [1.82, 2.24) is 20.1 Å². The Bertz CT molecular complexity index is 526. The number of hydrogen-bond acceptors (Lipinski definition) is 4. The fourth-order valence-electron chi connectivity index (χ4n) is 1.45. The van der Waals surface area contributed by atoms with Crippen LogP contribution in [0.25, 0.3) is 0 Å². The SMILES string of the molecule is CCCCn1c(SC(C)C(=O)NCC(F)(F)F)n[nH]c1=O. The van der Waals surface area contributed by atoms with Crippen LogP contribution in [0.3, 0.4) is 0 Å². The second-order valence-corrected chi connectivity index (χ2v) is 5.72. The molecule has 1 amide bonds. The van der Waals surface area contributed by atoms with Gasteiger partial charge in [-0.3, -0.25) is 9.36 Å². The first-order valence-corrected chi connectivity index (χ1v) is 7.29. The molecule has 0 aliphatic carbocycles. The molecule has 0 fully saturated rings. The predicted molar refractivity (Wildman–Crippen MR) is 72.1 cm³/mol. The van der Waals surface area contributed by atoms with Crippen molar-refractivity contribution in [3.63, 3.8) is 0 Å². The predicted octanol–water partition coefficient (Wildman–Crippen LogP) is 1.53. The van der Waals surface area contributed by atoms with E-state index in [1.807, 2.05) is 6.92 Å². The number of aromatic amines is 1. The Balaban J connectivity index is 2.64. The lowest BCUT2D eigenvalue weighted by atomic mass is 10.3. The number of H-pyrrole nitrogens is 1. The number of halogens is 3. The summed E-state index contributed by atoms with van der Waals surface area (Å²) in [4.78, 5) is 23.1. The van der Waals surface area contributed by atoms with E-state index in [0.717, 1.165) is 24.6 Å². The van der Waals surface area contributed by atoms with E-state index >= 15 is 0 Å². The van der Waals surface area contributed by atoms with Crippen LogP contribution < -0.4 is 11.0 Å². The summed E-state index contributed by atoms with van der Waals surface area (Å²) in [5, 5.41) is 7.37. The van der Waals surface area contributed by atoms with Crippen LogP contribution in [0.1, 0.15) is 26.7 Å². The van der Waals surface area contributed by atoms with Crippen LogP contribution in [0, 0.1) is 0 Å². The van der Waals surface area contributed by atoms with Crippen LogP contribution in [0.15, 0.2) is 9.95 Å². The molecule has 120 valence electrons. The summed E-state index contributed by atoms with van der Waals surface area (Å²) < 4.78 is 37.5. The molecular weight excluding hydrogens is 309 g/mol. The van der Waals surface area contributed by atoms with Gasteiger partial charge in [-0.15, -0.1) is 5.10 Å². The summed E-state index contributed by atoms with van der Waals surface area (Å²) in [5.74, 6) is -0.755. The molecule has 0 saturated heterocycles. The summed E-state index contributed by atoms with van der Waals surface area (Å²) in [6.07, 6.45) is -2.80. The number of carbonyl (C=O) groups excluding carboxylic acids is 1. The third-order valence-corrected chi connectivity index (χ3v) is 3.66. The first-order chi connectivity index (χ1) is 9.74. The standard InChI is InChI=1S/C11H17F3N4O2S/c1-3-4-5-18-9(20)16-17-10(18)21-7(2)8(19)15-6-11(12,13)14/h7H,3-6H2,1-2H3,(H,15,19)(H,16,20). The van der Waals surface area contributed by atoms with Crippen molar-refractivity contribution in [2.24, 2.45) is 0 Å². The number of alkyl halides is 3. The molecule has 0 aliphatic rings. The largest absolute Gasteiger partial charge is 0.405 e. The van der Waals surface area contributed by atoms with E-state index in [1.54, 1.807) is 5.32 Å². The molecule has 1 atom stereocenters. The van der Waals surface area contributed by atoms with E-state index in [0.29, 0.717) is 11.7 Å². The highest BCUT2D eigenvalue weighted by Crippen LogP contribution is 2.20. The molecule has 1 heterocycles. The average molecular weight is 326 g/mol. The maximum Gasteiger partial charge on any atom is 0.405 e. The Morgan fingerprint density at radius 3 is 2.76 bits per heavy atom. The normalized spacial score (nSPS) is 13.2. The third kappa shape index (κ3) is 5.82. The average Bonchev–Trinajstić information content (AvgIpc) is 2.73. The molecule has 21 heavy (non-hydrogen) atoms. The topological polar surface area (TPSA) is 79.8 Å². The Morgan fingerprint density at radius 2 is 2.19 bits per heavy atom. The molecular formula is C11H17F3N4O2S. The second kappa shape index (κ2) is 7.53. The molecule has 0 spiro atoms. The zero-order chi connectivity index (χ0) is 16.0. The van der Waals surface area contributed by atoms with Gasteiger partial charge in [0.15, 0.2) is 5.16 Å². The monoisotopic (exact) mass is 326 g/mol. The molecule has 1 unspecified atom stereocenters. The van der Waals surface area contributed by atoms with Gasteiger partial charge >= 0.3 is 11.9 Å². The Kier molecular flexibility index (Phi) is 6.31. The molecule has 0 saturated carbocycles. The second-order valence-electron chi connectivity index (χ2n) is 4.41. The highest BCUT2D eigenvalue weighted by molar-refractivity contribution is 8.00. The van der Waals surface area contributed by atoms with Gasteiger partial charge < -0.3 is 5.32 Å². The molecule has 2 N–H and O–H groups in total. The van der Waals surface area contributed by atoms with Gasteiger partial charge in [0.1, 0.15) is 6.54 Å². The van der Waals surface area contributed by atoms with Gasteiger partial charge in [-0.1, -0.05) is 25.1 Å².